The van der Waals surface area contributed by atoms with E-state index in [9.17, 15) is 8.42 Å². The lowest BCUT2D eigenvalue weighted by Crippen LogP contribution is -2.55. The van der Waals surface area contributed by atoms with E-state index in [1.165, 1.54) is 32.8 Å². The standard InChI is InChI=1S/C18H30N2O4S/c1-14-7-6-10-18(12-14,20(2)3)13-19-25(21,22)15-8-9-16(23-4)17(11-15)24-5/h8-9,11,14,19H,6-7,10,12-13H2,1-5H3/t14-,18-/m0/s1. The number of likely N-dealkylation sites (N-methyl/N-ethyl adjacent to an activating group) is 1. The molecule has 2 atom stereocenters. The van der Waals surface area contributed by atoms with Crippen LogP contribution in [0.25, 0.3) is 0 Å². The van der Waals surface area contributed by atoms with Gasteiger partial charge in [0.2, 0.25) is 10.0 Å². The van der Waals surface area contributed by atoms with Gasteiger partial charge < -0.3 is 14.4 Å². The number of ether oxygens (including phenoxy) is 2. The third-order valence-corrected chi connectivity index (χ3v) is 6.67. The van der Waals surface area contributed by atoms with Crippen molar-refractivity contribution in [1.82, 2.24) is 9.62 Å². The van der Waals surface area contributed by atoms with E-state index < -0.39 is 10.0 Å². The van der Waals surface area contributed by atoms with E-state index in [0.717, 1.165) is 19.3 Å². The van der Waals surface area contributed by atoms with Crippen molar-refractivity contribution < 1.29 is 17.9 Å². The molecule has 0 bridgehead atoms. The molecule has 1 fully saturated rings. The van der Waals surface area contributed by atoms with Gasteiger partial charge in [0, 0.05) is 18.2 Å². The van der Waals surface area contributed by atoms with Crippen molar-refractivity contribution in [1.29, 1.82) is 0 Å². The molecule has 7 heteroatoms. The summed E-state index contributed by atoms with van der Waals surface area (Å²) in [4.78, 5) is 2.35. The summed E-state index contributed by atoms with van der Waals surface area (Å²) in [7, 11) is 3.46. The van der Waals surface area contributed by atoms with Crippen LogP contribution in [0.4, 0.5) is 0 Å². The Morgan fingerprint density at radius 1 is 1.24 bits per heavy atom. The zero-order valence-electron chi connectivity index (χ0n) is 15.8. The fourth-order valence-electron chi connectivity index (χ4n) is 3.65. The van der Waals surface area contributed by atoms with Crippen molar-refractivity contribution in [3.63, 3.8) is 0 Å². The first-order valence-electron chi connectivity index (χ1n) is 8.63. The molecule has 0 radical (unpaired) electrons. The van der Waals surface area contributed by atoms with Gasteiger partial charge in [-0.3, -0.25) is 0 Å². The fourth-order valence-corrected chi connectivity index (χ4v) is 4.79. The largest absolute Gasteiger partial charge is 0.493 e. The number of nitrogens with one attached hydrogen (secondary N) is 1. The van der Waals surface area contributed by atoms with E-state index in [2.05, 4.69) is 16.5 Å². The molecule has 2 rings (SSSR count). The average Bonchev–Trinajstić information content (AvgIpc) is 2.59. The highest BCUT2D eigenvalue weighted by atomic mass is 32.2. The van der Waals surface area contributed by atoms with Gasteiger partial charge in [-0.15, -0.1) is 0 Å². The maximum atomic E-state index is 12.8. The zero-order chi connectivity index (χ0) is 18.7. The summed E-state index contributed by atoms with van der Waals surface area (Å²) in [5.74, 6) is 1.51. The van der Waals surface area contributed by atoms with Crippen molar-refractivity contribution in [3.8, 4) is 11.5 Å². The van der Waals surface area contributed by atoms with Gasteiger partial charge in [0.05, 0.1) is 19.1 Å². The third kappa shape index (κ3) is 4.46. The maximum Gasteiger partial charge on any atom is 0.240 e. The van der Waals surface area contributed by atoms with Gasteiger partial charge in [0.15, 0.2) is 11.5 Å². The summed E-state index contributed by atoms with van der Waals surface area (Å²) in [5, 5.41) is 0. The number of benzene rings is 1. The van der Waals surface area contributed by atoms with Gasteiger partial charge in [-0.25, -0.2) is 13.1 Å². The topological polar surface area (TPSA) is 67.9 Å². The Morgan fingerprint density at radius 2 is 1.92 bits per heavy atom. The fraction of sp³-hybridized carbons (Fsp3) is 0.667. The Balaban J connectivity index is 2.20. The predicted octanol–water partition coefficient (Wildman–Crippen LogP) is 2.49. The van der Waals surface area contributed by atoms with E-state index in [0.29, 0.717) is 24.0 Å². The molecule has 1 aliphatic rings. The lowest BCUT2D eigenvalue weighted by atomic mass is 9.75. The minimum Gasteiger partial charge on any atom is -0.493 e. The van der Waals surface area contributed by atoms with Crippen LogP contribution in [-0.2, 0) is 10.0 Å². The van der Waals surface area contributed by atoms with E-state index in [1.807, 2.05) is 14.1 Å². The number of nitrogens with zero attached hydrogens (tertiary/aromatic N) is 1. The number of methoxy groups -OCH3 is 2. The quantitative estimate of drug-likeness (QED) is 0.799. The number of hydrogen-bond donors (Lipinski definition) is 1. The van der Waals surface area contributed by atoms with E-state index >= 15 is 0 Å². The SMILES string of the molecule is COc1ccc(S(=O)(=O)NC[C@]2(N(C)C)CCC[C@H](C)C2)cc1OC. The molecular weight excluding hydrogens is 340 g/mol. The summed E-state index contributed by atoms with van der Waals surface area (Å²) in [6, 6.07) is 4.64. The lowest BCUT2D eigenvalue weighted by molar-refractivity contribution is 0.0805. The molecule has 6 nitrogen and oxygen atoms in total. The van der Waals surface area contributed by atoms with E-state index in [-0.39, 0.29) is 10.4 Å². The van der Waals surface area contributed by atoms with Crippen molar-refractivity contribution >= 4 is 10.0 Å². The summed E-state index contributed by atoms with van der Waals surface area (Å²) in [6.07, 6.45) is 4.32. The molecule has 1 saturated carbocycles. The van der Waals surface area contributed by atoms with Gasteiger partial charge in [-0.05, 0) is 45.0 Å². The molecule has 0 unspecified atom stereocenters. The van der Waals surface area contributed by atoms with Crippen molar-refractivity contribution in [2.75, 3.05) is 34.9 Å². The zero-order valence-corrected chi connectivity index (χ0v) is 16.6. The van der Waals surface area contributed by atoms with Crippen LogP contribution in [0.15, 0.2) is 23.1 Å². The predicted molar refractivity (Wildman–Crippen MR) is 98.8 cm³/mol. The minimum atomic E-state index is -3.62. The average molecular weight is 371 g/mol. The third-order valence-electron chi connectivity index (χ3n) is 5.27. The number of rotatable bonds is 7. The van der Waals surface area contributed by atoms with Crippen LogP contribution in [-0.4, -0.2) is 53.7 Å². The van der Waals surface area contributed by atoms with Gasteiger partial charge in [-0.1, -0.05) is 19.8 Å². The van der Waals surface area contributed by atoms with E-state index in [1.54, 1.807) is 6.07 Å². The van der Waals surface area contributed by atoms with Gasteiger partial charge in [0.25, 0.3) is 0 Å². The van der Waals surface area contributed by atoms with Crippen LogP contribution >= 0.6 is 0 Å². The van der Waals surface area contributed by atoms with Crippen LogP contribution in [0.3, 0.4) is 0 Å². The molecule has 1 aromatic rings. The molecule has 0 aromatic heterocycles. The summed E-state index contributed by atoms with van der Waals surface area (Å²) in [5.41, 5.74) is -0.138. The van der Waals surface area contributed by atoms with Crippen molar-refractivity contribution in [3.05, 3.63) is 18.2 Å². The highest BCUT2D eigenvalue weighted by molar-refractivity contribution is 7.89. The second-order valence-corrected chi connectivity index (χ2v) is 8.93. The molecule has 25 heavy (non-hydrogen) atoms. The maximum absolute atomic E-state index is 12.8. The van der Waals surface area contributed by atoms with Crippen LogP contribution in [0.1, 0.15) is 32.6 Å². The summed E-state index contributed by atoms with van der Waals surface area (Å²) >= 11 is 0. The van der Waals surface area contributed by atoms with Gasteiger partial charge in [-0.2, -0.15) is 0 Å². The van der Waals surface area contributed by atoms with Gasteiger partial charge >= 0.3 is 0 Å². The van der Waals surface area contributed by atoms with Crippen molar-refractivity contribution in [2.45, 2.75) is 43.0 Å². The Bertz CT molecular complexity index is 690. The van der Waals surface area contributed by atoms with Crippen molar-refractivity contribution in [2.24, 2.45) is 5.92 Å². The summed E-state index contributed by atoms with van der Waals surface area (Å²) in [6.45, 7) is 2.64. The highest BCUT2D eigenvalue weighted by Gasteiger charge is 2.38. The first kappa shape index (κ1) is 20.0. The Kier molecular flexibility index (Phi) is 6.35. The highest BCUT2D eigenvalue weighted by Crippen LogP contribution is 2.36. The normalized spacial score (nSPS) is 24.3. The van der Waals surface area contributed by atoms with E-state index in [4.69, 9.17) is 9.47 Å². The molecule has 0 heterocycles. The van der Waals surface area contributed by atoms with Gasteiger partial charge in [0.1, 0.15) is 0 Å². The Hall–Kier alpha value is -1.31. The molecule has 1 aliphatic carbocycles. The Labute approximate surface area is 151 Å². The number of sulfonamides is 1. The molecule has 0 amide bonds. The first-order valence-corrected chi connectivity index (χ1v) is 10.1. The van der Waals surface area contributed by atoms with Crippen LogP contribution in [0.2, 0.25) is 0 Å². The molecule has 0 saturated heterocycles. The minimum absolute atomic E-state index is 0.138. The second-order valence-electron chi connectivity index (χ2n) is 7.16. The first-order chi connectivity index (χ1) is 11.7. The molecule has 1 aromatic carbocycles. The summed E-state index contributed by atoms with van der Waals surface area (Å²) < 4.78 is 38.7. The monoisotopic (exact) mass is 370 g/mol. The molecular formula is C18H30N2O4S. The molecule has 0 aliphatic heterocycles. The molecule has 0 spiro atoms. The number of hydrogen-bond acceptors (Lipinski definition) is 5. The Morgan fingerprint density at radius 3 is 2.48 bits per heavy atom. The lowest BCUT2D eigenvalue weighted by Gasteiger charge is -2.45. The molecule has 1 N–H and O–H groups in total. The smallest absolute Gasteiger partial charge is 0.240 e. The van der Waals surface area contributed by atoms with Crippen LogP contribution < -0.4 is 14.2 Å². The van der Waals surface area contributed by atoms with Crippen LogP contribution in [0, 0.1) is 5.92 Å². The molecule has 142 valence electrons. The second kappa shape index (κ2) is 7.93. The van der Waals surface area contributed by atoms with Crippen LogP contribution in [0.5, 0.6) is 11.5 Å².